The zero-order chi connectivity index (χ0) is 15.5. The van der Waals surface area contributed by atoms with E-state index in [4.69, 9.17) is 0 Å². The molecule has 0 radical (unpaired) electrons. The van der Waals surface area contributed by atoms with E-state index in [1.807, 2.05) is 17.5 Å². The molecule has 1 saturated heterocycles. The molecule has 6 heteroatoms. The highest BCUT2D eigenvalue weighted by Gasteiger charge is 2.28. The van der Waals surface area contributed by atoms with Crippen LogP contribution in [0.15, 0.2) is 41.1 Å². The molecule has 2 heterocycles. The first-order chi connectivity index (χ1) is 10.6. The Morgan fingerprint density at radius 3 is 2.36 bits per heavy atom. The number of benzene rings is 1. The van der Waals surface area contributed by atoms with Crippen LogP contribution >= 0.6 is 11.3 Å². The van der Waals surface area contributed by atoms with Crippen molar-refractivity contribution in [3.63, 3.8) is 0 Å². The summed E-state index contributed by atoms with van der Waals surface area (Å²) in [5.41, 5.74) is 2.17. The maximum absolute atomic E-state index is 11.9. The molecule has 0 bridgehead atoms. The van der Waals surface area contributed by atoms with Crippen LogP contribution in [0.2, 0.25) is 0 Å². The monoisotopic (exact) mass is 314 g/mol. The number of hydrogen-bond donors (Lipinski definition) is 1. The molecule has 0 saturated carbocycles. The standard InChI is InChI=1S/C16H14N2O3S/c19-14-5-6-15(20)18(14)9-11-1-3-13(4-2-11)17-16(21)12-7-8-22-10-12/h1-4,7-8,10H,5-6,9H2,(H,17,21). The normalized spacial score (nSPS) is 14.5. The maximum atomic E-state index is 11.9. The van der Waals surface area contributed by atoms with Crippen molar-refractivity contribution in [2.45, 2.75) is 19.4 Å². The van der Waals surface area contributed by atoms with E-state index in [1.165, 1.54) is 16.2 Å². The van der Waals surface area contributed by atoms with Gasteiger partial charge in [0.15, 0.2) is 0 Å². The molecule has 1 aliphatic rings. The highest BCUT2D eigenvalue weighted by Crippen LogP contribution is 2.18. The molecule has 1 fully saturated rings. The van der Waals surface area contributed by atoms with Gasteiger partial charge >= 0.3 is 0 Å². The van der Waals surface area contributed by atoms with Gasteiger partial charge in [-0.15, -0.1) is 0 Å². The molecule has 1 aromatic heterocycles. The smallest absolute Gasteiger partial charge is 0.256 e. The van der Waals surface area contributed by atoms with Crippen LogP contribution in [-0.2, 0) is 16.1 Å². The lowest BCUT2D eigenvalue weighted by Gasteiger charge is -2.14. The summed E-state index contributed by atoms with van der Waals surface area (Å²) in [5.74, 6) is -0.404. The third-order valence-corrected chi connectivity index (χ3v) is 4.17. The van der Waals surface area contributed by atoms with Crippen LogP contribution in [-0.4, -0.2) is 22.6 Å². The summed E-state index contributed by atoms with van der Waals surface area (Å²) < 4.78 is 0. The van der Waals surface area contributed by atoms with E-state index in [9.17, 15) is 14.4 Å². The van der Waals surface area contributed by atoms with Gasteiger partial charge in [-0.05, 0) is 29.1 Å². The quantitative estimate of drug-likeness (QED) is 0.882. The first-order valence-electron chi connectivity index (χ1n) is 6.89. The van der Waals surface area contributed by atoms with Crippen molar-refractivity contribution >= 4 is 34.7 Å². The van der Waals surface area contributed by atoms with Crippen LogP contribution in [0.1, 0.15) is 28.8 Å². The number of anilines is 1. The van der Waals surface area contributed by atoms with E-state index in [0.29, 0.717) is 24.1 Å². The van der Waals surface area contributed by atoms with Gasteiger partial charge in [-0.25, -0.2) is 0 Å². The molecule has 1 N–H and O–H groups in total. The summed E-state index contributed by atoms with van der Waals surface area (Å²) in [6, 6.07) is 8.92. The lowest BCUT2D eigenvalue weighted by Crippen LogP contribution is -2.28. The lowest BCUT2D eigenvalue weighted by atomic mass is 10.2. The van der Waals surface area contributed by atoms with Gasteiger partial charge in [0.25, 0.3) is 5.91 Å². The van der Waals surface area contributed by atoms with Gasteiger partial charge in [0.05, 0.1) is 12.1 Å². The fraction of sp³-hybridized carbons (Fsp3) is 0.188. The first-order valence-corrected chi connectivity index (χ1v) is 7.83. The van der Waals surface area contributed by atoms with E-state index >= 15 is 0 Å². The third-order valence-electron chi connectivity index (χ3n) is 3.49. The molecule has 3 amide bonds. The van der Waals surface area contributed by atoms with Gasteiger partial charge in [0.1, 0.15) is 0 Å². The average Bonchev–Trinajstić information content (AvgIpc) is 3.15. The minimum atomic E-state index is -0.154. The molecule has 2 aromatic rings. The molecular weight excluding hydrogens is 300 g/mol. The summed E-state index contributed by atoms with van der Waals surface area (Å²) in [5, 5.41) is 6.44. The number of nitrogens with one attached hydrogen (secondary N) is 1. The van der Waals surface area contributed by atoms with Gasteiger partial charge in [0, 0.05) is 23.9 Å². The second kappa shape index (κ2) is 6.11. The average molecular weight is 314 g/mol. The van der Waals surface area contributed by atoms with Crippen LogP contribution < -0.4 is 5.32 Å². The molecular formula is C16H14N2O3S. The number of likely N-dealkylation sites (tertiary alicyclic amines) is 1. The van der Waals surface area contributed by atoms with Crippen molar-refractivity contribution in [2.24, 2.45) is 0 Å². The van der Waals surface area contributed by atoms with Crippen LogP contribution in [0.5, 0.6) is 0 Å². The molecule has 112 valence electrons. The number of hydrogen-bond acceptors (Lipinski definition) is 4. The molecule has 22 heavy (non-hydrogen) atoms. The Bertz CT molecular complexity index is 692. The van der Waals surface area contributed by atoms with Gasteiger partial charge in [-0.1, -0.05) is 12.1 Å². The summed E-state index contributed by atoms with van der Waals surface area (Å²) in [7, 11) is 0. The molecule has 0 aliphatic carbocycles. The molecule has 1 aromatic carbocycles. The van der Waals surface area contributed by atoms with Gasteiger partial charge in [0.2, 0.25) is 11.8 Å². The maximum Gasteiger partial charge on any atom is 0.256 e. The Kier molecular flexibility index (Phi) is 4.02. The van der Waals surface area contributed by atoms with Gasteiger partial charge < -0.3 is 5.32 Å². The second-order valence-corrected chi connectivity index (χ2v) is 5.82. The highest BCUT2D eigenvalue weighted by atomic mass is 32.1. The fourth-order valence-corrected chi connectivity index (χ4v) is 2.91. The zero-order valence-electron chi connectivity index (χ0n) is 11.7. The minimum Gasteiger partial charge on any atom is -0.322 e. The van der Waals surface area contributed by atoms with E-state index in [0.717, 1.165) is 5.56 Å². The molecule has 1 aliphatic heterocycles. The number of carbonyl (C=O) groups is 3. The number of amides is 3. The molecule has 3 rings (SSSR count). The van der Waals surface area contributed by atoms with Crippen LogP contribution in [0, 0.1) is 0 Å². The van der Waals surface area contributed by atoms with Crippen molar-refractivity contribution in [3.8, 4) is 0 Å². The van der Waals surface area contributed by atoms with E-state index in [1.54, 1.807) is 23.6 Å². The summed E-state index contributed by atoms with van der Waals surface area (Å²) in [6.45, 7) is 0.288. The highest BCUT2D eigenvalue weighted by molar-refractivity contribution is 7.08. The molecule has 0 atom stereocenters. The third kappa shape index (κ3) is 3.07. The van der Waals surface area contributed by atoms with E-state index in [-0.39, 0.29) is 24.3 Å². The van der Waals surface area contributed by atoms with Crippen molar-refractivity contribution in [2.75, 3.05) is 5.32 Å². The van der Waals surface area contributed by atoms with Crippen LogP contribution in [0.3, 0.4) is 0 Å². The second-order valence-electron chi connectivity index (χ2n) is 5.04. The number of nitrogens with zero attached hydrogens (tertiary/aromatic N) is 1. The Hall–Kier alpha value is -2.47. The molecule has 5 nitrogen and oxygen atoms in total. The Morgan fingerprint density at radius 2 is 1.77 bits per heavy atom. The minimum absolute atomic E-state index is 0.125. The van der Waals surface area contributed by atoms with Crippen LogP contribution in [0.25, 0.3) is 0 Å². The Morgan fingerprint density at radius 1 is 1.09 bits per heavy atom. The van der Waals surface area contributed by atoms with E-state index in [2.05, 4.69) is 5.32 Å². The van der Waals surface area contributed by atoms with Crippen molar-refractivity contribution in [1.29, 1.82) is 0 Å². The Labute approximate surface area is 131 Å². The number of rotatable bonds is 4. The first kappa shape index (κ1) is 14.5. The summed E-state index contributed by atoms with van der Waals surface area (Å²) in [4.78, 5) is 36.4. The van der Waals surface area contributed by atoms with Crippen LogP contribution in [0.4, 0.5) is 5.69 Å². The van der Waals surface area contributed by atoms with Crippen molar-refractivity contribution in [3.05, 3.63) is 52.2 Å². The number of thiophene rings is 1. The van der Waals surface area contributed by atoms with Gasteiger partial charge in [-0.2, -0.15) is 11.3 Å². The largest absolute Gasteiger partial charge is 0.322 e. The van der Waals surface area contributed by atoms with E-state index < -0.39 is 0 Å². The summed E-state index contributed by atoms with van der Waals surface area (Å²) >= 11 is 1.47. The SMILES string of the molecule is O=C(Nc1ccc(CN2C(=O)CCC2=O)cc1)c1ccsc1. The lowest BCUT2D eigenvalue weighted by molar-refractivity contribution is -0.139. The van der Waals surface area contributed by atoms with Crippen molar-refractivity contribution < 1.29 is 14.4 Å². The predicted molar refractivity (Wildman–Crippen MR) is 83.5 cm³/mol. The zero-order valence-corrected chi connectivity index (χ0v) is 12.6. The molecule has 0 unspecified atom stereocenters. The topological polar surface area (TPSA) is 66.5 Å². The summed E-state index contributed by atoms with van der Waals surface area (Å²) in [6.07, 6.45) is 0.598. The number of imide groups is 1. The predicted octanol–water partition coefficient (Wildman–Crippen LogP) is 2.65. The van der Waals surface area contributed by atoms with Gasteiger partial charge in [-0.3, -0.25) is 19.3 Å². The molecule has 0 spiro atoms. The number of carbonyl (C=O) groups excluding carboxylic acids is 3. The van der Waals surface area contributed by atoms with Crippen molar-refractivity contribution in [1.82, 2.24) is 4.90 Å². The Balaban J connectivity index is 1.64. The fourth-order valence-electron chi connectivity index (χ4n) is 2.27.